The predicted octanol–water partition coefficient (Wildman–Crippen LogP) is 1.30. The summed E-state index contributed by atoms with van der Waals surface area (Å²) in [4.78, 5) is 4.17. The fraction of sp³-hybridized carbons (Fsp3) is 0.500. The van der Waals surface area contributed by atoms with E-state index in [0.29, 0.717) is 0 Å². The van der Waals surface area contributed by atoms with Crippen LogP contribution in [0.2, 0.25) is 0 Å². The van der Waals surface area contributed by atoms with Crippen LogP contribution in [-0.2, 0) is 0 Å². The lowest BCUT2D eigenvalue weighted by atomic mass is 10.2. The number of aryl methyl sites for hydroxylation is 1. The zero-order valence-corrected chi connectivity index (χ0v) is 9.84. The average Bonchev–Trinajstić information content (AvgIpc) is 2.88. The predicted molar refractivity (Wildman–Crippen MR) is 64.0 cm³/mol. The molecule has 1 aliphatic rings. The Morgan fingerprint density at radius 3 is 3.06 bits per heavy atom. The molecule has 2 aromatic heterocycles. The number of fused-ring (bicyclic) bond motifs is 1. The van der Waals surface area contributed by atoms with E-state index in [2.05, 4.69) is 10.1 Å². The Morgan fingerprint density at radius 2 is 2.29 bits per heavy atom. The highest BCUT2D eigenvalue weighted by Crippen LogP contribution is 2.24. The lowest BCUT2D eigenvalue weighted by Crippen LogP contribution is -2.34. The summed E-state index contributed by atoms with van der Waals surface area (Å²) in [6, 6.07) is 4.09. The molecular formula is C12H16N4O. The van der Waals surface area contributed by atoms with Crippen LogP contribution in [0.4, 0.5) is 0 Å². The molecule has 2 aromatic rings. The Hall–Kier alpha value is -1.62. The van der Waals surface area contributed by atoms with Gasteiger partial charge >= 0.3 is 0 Å². The van der Waals surface area contributed by atoms with Crippen LogP contribution in [0.25, 0.3) is 5.65 Å². The van der Waals surface area contributed by atoms with E-state index in [-0.39, 0.29) is 12.1 Å². The molecule has 1 fully saturated rings. The number of hydrogen-bond donors (Lipinski definition) is 1. The summed E-state index contributed by atoms with van der Waals surface area (Å²) in [7, 11) is 0. The van der Waals surface area contributed by atoms with Gasteiger partial charge in [0.25, 0.3) is 0 Å². The van der Waals surface area contributed by atoms with Crippen molar-refractivity contribution in [3.05, 3.63) is 24.0 Å². The first-order valence-electron chi connectivity index (χ1n) is 5.96. The Morgan fingerprint density at radius 1 is 1.41 bits per heavy atom. The van der Waals surface area contributed by atoms with Gasteiger partial charge in [-0.05, 0) is 37.8 Å². The minimum Gasteiger partial charge on any atom is -0.473 e. The average molecular weight is 232 g/mol. The lowest BCUT2D eigenvalue weighted by Gasteiger charge is -2.18. The van der Waals surface area contributed by atoms with E-state index in [9.17, 15) is 0 Å². The maximum absolute atomic E-state index is 6.01. The van der Waals surface area contributed by atoms with E-state index >= 15 is 0 Å². The standard InChI is InChI=1S/C12H16N4O/c1-8-5-11-14-7-15-16(11)12(6-8)17-10-4-2-3-9(10)13/h5-7,9-10H,2-4,13H2,1H3. The third kappa shape index (κ3) is 1.86. The quantitative estimate of drug-likeness (QED) is 0.847. The minimum absolute atomic E-state index is 0.101. The monoisotopic (exact) mass is 232 g/mol. The van der Waals surface area contributed by atoms with E-state index in [1.54, 1.807) is 4.52 Å². The molecule has 2 N–H and O–H groups in total. The number of nitrogens with two attached hydrogens (primary N) is 1. The summed E-state index contributed by atoms with van der Waals surface area (Å²) in [6.07, 6.45) is 4.83. The molecule has 90 valence electrons. The fourth-order valence-electron chi connectivity index (χ4n) is 2.36. The van der Waals surface area contributed by atoms with Crippen molar-refractivity contribution < 1.29 is 4.74 Å². The molecule has 3 rings (SSSR count). The molecule has 0 radical (unpaired) electrons. The molecule has 5 nitrogen and oxygen atoms in total. The largest absolute Gasteiger partial charge is 0.473 e. The molecule has 0 saturated heterocycles. The Kier molecular flexibility index (Phi) is 2.48. The first-order chi connectivity index (χ1) is 8.24. The van der Waals surface area contributed by atoms with E-state index in [4.69, 9.17) is 10.5 Å². The van der Waals surface area contributed by atoms with Gasteiger partial charge in [0.15, 0.2) is 5.65 Å². The van der Waals surface area contributed by atoms with Crippen LogP contribution < -0.4 is 10.5 Å². The normalized spacial score (nSPS) is 24.4. The molecule has 5 heteroatoms. The van der Waals surface area contributed by atoms with Crippen molar-refractivity contribution in [3.8, 4) is 5.88 Å². The lowest BCUT2D eigenvalue weighted by molar-refractivity contribution is 0.179. The second-order valence-electron chi connectivity index (χ2n) is 4.65. The molecule has 1 aliphatic carbocycles. The Bertz CT molecular complexity index is 536. The summed E-state index contributed by atoms with van der Waals surface area (Å²) >= 11 is 0. The molecule has 1 saturated carbocycles. The zero-order chi connectivity index (χ0) is 11.8. The smallest absolute Gasteiger partial charge is 0.217 e. The van der Waals surface area contributed by atoms with Crippen molar-refractivity contribution in [2.45, 2.75) is 38.3 Å². The Labute approximate surface area is 99.6 Å². The molecule has 2 atom stereocenters. The van der Waals surface area contributed by atoms with Crippen molar-refractivity contribution in [2.75, 3.05) is 0 Å². The van der Waals surface area contributed by atoms with Crippen LogP contribution in [-0.4, -0.2) is 26.7 Å². The summed E-state index contributed by atoms with van der Waals surface area (Å²) in [5.41, 5.74) is 7.94. The number of nitrogens with zero attached hydrogens (tertiary/aromatic N) is 3. The van der Waals surface area contributed by atoms with Gasteiger partial charge in [-0.3, -0.25) is 0 Å². The van der Waals surface area contributed by atoms with Crippen LogP contribution in [0, 0.1) is 6.92 Å². The van der Waals surface area contributed by atoms with Gasteiger partial charge in [-0.15, -0.1) is 0 Å². The second-order valence-corrected chi connectivity index (χ2v) is 4.65. The highest BCUT2D eigenvalue weighted by molar-refractivity contribution is 5.43. The van der Waals surface area contributed by atoms with Crippen LogP contribution >= 0.6 is 0 Å². The van der Waals surface area contributed by atoms with E-state index < -0.39 is 0 Å². The maximum Gasteiger partial charge on any atom is 0.217 e. The van der Waals surface area contributed by atoms with Crippen molar-refractivity contribution in [2.24, 2.45) is 5.73 Å². The van der Waals surface area contributed by atoms with Crippen molar-refractivity contribution >= 4 is 5.65 Å². The van der Waals surface area contributed by atoms with E-state index in [1.165, 1.54) is 6.33 Å². The van der Waals surface area contributed by atoms with E-state index in [0.717, 1.165) is 36.4 Å². The van der Waals surface area contributed by atoms with Crippen LogP contribution in [0.5, 0.6) is 5.88 Å². The van der Waals surface area contributed by atoms with Gasteiger partial charge in [0.1, 0.15) is 12.4 Å². The summed E-state index contributed by atoms with van der Waals surface area (Å²) in [6.45, 7) is 2.02. The SMILES string of the molecule is Cc1cc(OC2CCCC2N)n2ncnc2c1. The van der Waals surface area contributed by atoms with Crippen molar-refractivity contribution in [1.82, 2.24) is 14.6 Å². The first kappa shape index (κ1) is 10.5. The third-order valence-corrected chi connectivity index (χ3v) is 3.27. The zero-order valence-electron chi connectivity index (χ0n) is 9.84. The molecule has 2 heterocycles. The van der Waals surface area contributed by atoms with Gasteiger partial charge in [0.2, 0.25) is 5.88 Å². The molecule has 0 aromatic carbocycles. The molecule has 0 amide bonds. The van der Waals surface area contributed by atoms with Gasteiger partial charge in [0.05, 0.1) is 0 Å². The topological polar surface area (TPSA) is 65.4 Å². The number of rotatable bonds is 2. The maximum atomic E-state index is 6.01. The van der Waals surface area contributed by atoms with Gasteiger partial charge < -0.3 is 10.5 Å². The van der Waals surface area contributed by atoms with Crippen molar-refractivity contribution in [1.29, 1.82) is 0 Å². The molecule has 0 spiro atoms. The number of hydrogen-bond acceptors (Lipinski definition) is 4. The van der Waals surface area contributed by atoms with Crippen LogP contribution in [0.15, 0.2) is 18.5 Å². The fourth-order valence-corrected chi connectivity index (χ4v) is 2.36. The number of aromatic nitrogens is 3. The molecule has 0 aliphatic heterocycles. The highest BCUT2D eigenvalue weighted by atomic mass is 16.5. The highest BCUT2D eigenvalue weighted by Gasteiger charge is 2.26. The van der Waals surface area contributed by atoms with E-state index in [1.807, 2.05) is 19.1 Å². The van der Waals surface area contributed by atoms with Gasteiger partial charge in [0, 0.05) is 12.1 Å². The first-order valence-corrected chi connectivity index (χ1v) is 5.96. The van der Waals surface area contributed by atoms with Gasteiger partial charge in [-0.25, -0.2) is 4.98 Å². The summed E-state index contributed by atoms with van der Waals surface area (Å²) in [5.74, 6) is 0.736. The number of ether oxygens (including phenoxy) is 1. The van der Waals surface area contributed by atoms with Gasteiger partial charge in [-0.1, -0.05) is 0 Å². The molecule has 17 heavy (non-hydrogen) atoms. The van der Waals surface area contributed by atoms with Crippen LogP contribution in [0.3, 0.4) is 0 Å². The summed E-state index contributed by atoms with van der Waals surface area (Å²) < 4.78 is 7.70. The minimum atomic E-state index is 0.101. The summed E-state index contributed by atoms with van der Waals surface area (Å²) in [5, 5.41) is 4.17. The molecule has 0 bridgehead atoms. The van der Waals surface area contributed by atoms with Crippen molar-refractivity contribution in [3.63, 3.8) is 0 Å². The van der Waals surface area contributed by atoms with Crippen LogP contribution in [0.1, 0.15) is 24.8 Å². The molecular weight excluding hydrogens is 216 g/mol. The third-order valence-electron chi connectivity index (χ3n) is 3.27. The Balaban J connectivity index is 1.96. The second kappa shape index (κ2) is 4.00. The van der Waals surface area contributed by atoms with Gasteiger partial charge in [-0.2, -0.15) is 9.61 Å². The number of pyridine rings is 1. The molecule has 2 unspecified atom stereocenters.